The number of unbranched alkanes of at least 4 members (excludes halogenated alkanes) is 1. The molecule has 0 saturated carbocycles. The second kappa shape index (κ2) is 7.45. The summed E-state index contributed by atoms with van der Waals surface area (Å²) in [5.41, 5.74) is 0.666. The molecule has 0 aliphatic heterocycles. The van der Waals surface area contributed by atoms with Crippen LogP contribution in [0.25, 0.3) is 0 Å². The number of rotatable bonds is 8. The number of ether oxygens (including phenoxy) is 1. The highest BCUT2D eigenvalue weighted by molar-refractivity contribution is 7.89. The molecule has 5 nitrogen and oxygen atoms in total. The van der Waals surface area contributed by atoms with Gasteiger partial charge in [-0.1, -0.05) is 19.4 Å². The van der Waals surface area contributed by atoms with Crippen LogP contribution in [0.1, 0.15) is 31.5 Å². The molecule has 0 aromatic carbocycles. The zero-order valence-corrected chi connectivity index (χ0v) is 11.6. The summed E-state index contributed by atoms with van der Waals surface area (Å²) in [5.74, 6) is 0.135. The Kier molecular flexibility index (Phi) is 6.24. The van der Waals surface area contributed by atoms with Gasteiger partial charge in [-0.05, 0) is 18.6 Å². The average Bonchev–Trinajstić information content (AvgIpc) is 2.37. The normalized spacial score (nSPS) is 13.4. The number of hydrogen-bond acceptors (Lipinski definition) is 4. The van der Waals surface area contributed by atoms with Gasteiger partial charge in [0.15, 0.2) is 0 Å². The number of aromatic nitrogens is 1. The smallest absolute Gasteiger partial charge is 0.212 e. The zero-order chi connectivity index (χ0) is 13.4. The number of nitrogens with one attached hydrogen (secondary N) is 1. The predicted molar refractivity (Wildman–Crippen MR) is 70.7 cm³/mol. The minimum Gasteiger partial charge on any atom is -0.383 e. The molecule has 0 amide bonds. The molecule has 0 radical (unpaired) electrons. The molecule has 0 aliphatic rings. The summed E-state index contributed by atoms with van der Waals surface area (Å²) in [6.07, 6.45) is 3.13. The van der Waals surface area contributed by atoms with E-state index in [0.717, 1.165) is 6.42 Å². The minimum absolute atomic E-state index is 0.135. The molecule has 1 aromatic rings. The van der Waals surface area contributed by atoms with Crippen molar-refractivity contribution in [2.75, 3.05) is 19.5 Å². The number of hydrogen-bond donors (Lipinski definition) is 1. The van der Waals surface area contributed by atoms with Crippen LogP contribution < -0.4 is 4.72 Å². The summed E-state index contributed by atoms with van der Waals surface area (Å²) >= 11 is 0. The predicted octanol–water partition coefficient (Wildman–Crippen LogP) is 1.49. The summed E-state index contributed by atoms with van der Waals surface area (Å²) in [5, 5.41) is 0. The maximum absolute atomic E-state index is 11.9. The van der Waals surface area contributed by atoms with Gasteiger partial charge in [-0.3, -0.25) is 4.98 Å². The molecule has 1 atom stereocenters. The Hall–Kier alpha value is -0.980. The van der Waals surface area contributed by atoms with Gasteiger partial charge in [0.1, 0.15) is 0 Å². The maximum atomic E-state index is 11.9. The summed E-state index contributed by atoms with van der Waals surface area (Å²) in [6, 6.07) is 4.97. The Morgan fingerprint density at radius 1 is 1.44 bits per heavy atom. The first-order valence-corrected chi connectivity index (χ1v) is 7.64. The molecule has 0 bridgehead atoms. The Morgan fingerprint density at radius 2 is 2.22 bits per heavy atom. The monoisotopic (exact) mass is 272 g/mol. The lowest BCUT2D eigenvalue weighted by molar-refractivity contribution is 0.174. The lowest BCUT2D eigenvalue weighted by Crippen LogP contribution is -2.33. The fourth-order valence-corrected chi connectivity index (χ4v) is 2.95. The highest BCUT2D eigenvalue weighted by atomic mass is 32.2. The molecule has 1 aromatic heterocycles. The van der Waals surface area contributed by atoms with Gasteiger partial charge in [0.2, 0.25) is 10.0 Å². The second-order valence-corrected chi connectivity index (χ2v) is 5.93. The van der Waals surface area contributed by atoms with Gasteiger partial charge in [-0.2, -0.15) is 0 Å². The first-order chi connectivity index (χ1) is 8.59. The molecular weight excluding hydrogens is 252 g/mol. The summed E-state index contributed by atoms with van der Waals surface area (Å²) in [7, 11) is -1.75. The largest absolute Gasteiger partial charge is 0.383 e. The van der Waals surface area contributed by atoms with Gasteiger partial charge in [-0.15, -0.1) is 0 Å². The van der Waals surface area contributed by atoms with Crippen LogP contribution in [-0.4, -0.2) is 32.9 Å². The van der Waals surface area contributed by atoms with Crippen molar-refractivity contribution in [3.8, 4) is 0 Å². The van der Waals surface area contributed by atoms with E-state index in [-0.39, 0.29) is 12.4 Å². The van der Waals surface area contributed by atoms with E-state index in [0.29, 0.717) is 12.1 Å². The standard InChI is InChI=1S/C12H20N2O3S/c1-3-4-9-18(15,16)14-12(10-17-2)11-7-5-6-8-13-11/h5-8,12,14H,3-4,9-10H2,1-2H3. The molecule has 1 N–H and O–H groups in total. The Balaban J connectivity index is 2.75. The molecule has 1 heterocycles. The highest BCUT2D eigenvalue weighted by Gasteiger charge is 2.19. The summed E-state index contributed by atoms with van der Waals surface area (Å²) in [4.78, 5) is 4.16. The van der Waals surface area contributed by atoms with Crippen LogP contribution in [0.3, 0.4) is 0 Å². The van der Waals surface area contributed by atoms with E-state index in [2.05, 4.69) is 9.71 Å². The number of pyridine rings is 1. The third kappa shape index (κ3) is 5.12. The molecule has 0 aliphatic carbocycles. The van der Waals surface area contributed by atoms with Gasteiger partial charge in [0, 0.05) is 13.3 Å². The van der Waals surface area contributed by atoms with Gasteiger partial charge < -0.3 is 4.74 Å². The van der Waals surface area contributed by atoms with Crippen molar-refractivity contribution >= 4 is 10.0 Å². The Morgan fingerprint density at radius 3 is 2.78 bits per heavy atom. The summed E-state index contributed by atoms with van der Waals surface area (Å²) < 4.78 is 31.4. The van der Waals surface area contributed by atoms with E-state index in [1.807, 2.05) is 13.0 Å². The first kappa shape index (κ1) is 15.1. The first-order valence-electron chi connectivity index (χ1n) is 5.99. The molecular formula is C12H20N2O3S. The molecule has 6 heteroatoms. The SMILES string of the molecule is CCCCS(=O)(=O)NC(COC)c1ccccn1. The van der Waals surface area contributed by atoms with Gasteiger partial charge >= 0.3 is 0 Å². The Labute approximate surface area is 109 Å². The van der Waals surface area contributed by atoms with Crippen LogP contribution in [-0.2, 0) is 14.8 Å². The quantitative estimate of drug-likeness (QED) is 0.778. The molecule has 102 valence electrons. The summed E-state index contributed by atoms with van der Waals surface area (Å²) in [6.45, 7) is 2.23. The number of methoxy groups -OCH3 is 1. The van der Waals surface area contributed by atoms with Crippen LogP contribution in [0.2, 0.25) is 0 Å². The lowest BCUT2D eigenvalue weighted by Gasteiger charge is -2.17. The van der Waals surface area contributed by atoms with Gasteiger partial charge in [0.05, 0.1) is 24.1 Å². The number of nitrogens with zero attached hydrogens (tertiary/aromatic N) is 1. The fourth-order valence-electron chi connectivity index (χ4n) is 1.54. The van der Waals surface area contributed by atoms with Crippen molar-refractivity contribution in [1.82, 2.24) is 9.71 Å². The molecule has 0 saturated heterocycles. The Bertz CT molecular complexity index is 434. The van der Waals surface area contributed by atoms with Crippen molar-refractivity contribution in [2.45, 2.75) is 25.8 Å². The van der Waals surface area contributed by atoms with Crippen molar-refractivity contribution in [2.24, 2.45) is 0 Å². The fraction of sp³-hybridized carbons (Fsp3) is 0.583. The molecule has 1 unspecified atom stereocenters. The maximum Gasteiger partial charge on any atom is 0.212 e. The van der Waals surface area contributed by atoms with Gasteiger partial charge in [0.25, 0.3) is 0 Å². The third-order valence-corrected chi connectivity index (χ3v) is 3.94. The van der Waals surface area contributed by atoms with Crippen molar-refractivity contribution in [3.05, 3.63) is 30.1 Å². The van der Waals surface area contributed by atoms with Crippen LogP contribution in [0, 0.1) is 0 Å². The van der Waals surface area contributed by atoms with Crippen LogP contribution in [0.5, 0.6) is 0 Å². The van der Waals surface area contributed by atoms with E-state index in [4.69, 9.17) is 4.74 Å². The van der Waals surface area contributed by atoms with Crippen molar-refractivity contribution in [3.63, 3.8) is 0 Å². The average molecular weight is 272 g/mol. The van der Waals surface area contributed by atoms with E-state index in [1.165, 1.54) is 7.11 Å². The zero-order valence-electron chi connectivity index (χ0n) is 10.8. The van der Waals surface area contributed by atoms with Gasteiger partial charge in [-0.25, -0.2) is 13.1 Å². The van der Waals surface area contributed by atoms with Crippen LogP contribution in [0.15, 0.2) is 24.4 Å². The highest BCUT2D eigenvalue weighted by Crippen LogP contribution is 2.11. The lowest BCUT2D eigenvalue weighted by atomic mass is 10.2. The van der Waals surface area contributed by atoms with Crippen LogP contribution in [0.4, 0.5) is 0 Å². The van der Waals surface area contributed by atoms with Crippen molar-refractivity contribution < 1.29 is 13.2 Å². The van der Waals surface area contributed by atoms with Crippen LogP contribution >= 0.6 is 0 Å². The topological polar surface area (TPSA) is 68.3 Å². The van der Waals surface area contributed by atoms with E-state index in [9.17, 15) is 8.42 Å². The molecule has 0 fully saturated rings. The van der Waals surface area contributed by atoms with E-state index < -0.39 is 16.1 Å². The molecule has 0 spiro atoms. The third-order valence-electron chi connectivity index (χ3n) is 2.47. The molecule has 18 heavy (non-hydrogen) atoms. The number of sulfonamides is 1. The second-order valence-electron chi connectivity index (χ2n) is 4.05. The van der Waals surface area contributed by atoms with Crippen molar-refractivity contribution in [1.29, 1.82) is 0 Å². The minimum atomic E-state index is -3.28. The van der Waals surface area contributed by atoms with E-state index >= 15 is 0 Å². The molecule has 1 rings (SSSR count). The van der Waals surface area contributed by atoms with E-state index in [1.54, 1.807) is 18.3 Å².